The van der Waals surface area contributed by atoms with Gasteiger partial charge in [-0.3, -0.25) is 0 Å². The van der Waals surface area contributed by atoms with Crippen LogP contribution >= 0.6 is 0 Å². The van der Waals surface area contributed by atoms with E-state index < -0.39 is 11.5 Å². The van der Waals surface area contributed by atoms with Crippen LogP contribution in [0, 0.1) is 0 Å². The molecule has 0 aliphatic heterocycles. The Balaban J connectivity index is 1.92. The van der Waals surface area contributed by atoms with Gasteiger partial charge in [-0.25, -0.2) is 0 Å². The van der Waals surface area contributed by atoms with Crippen molar-refractivity contribution in [3.8, 4) is 56.8 Å². The van der Waals surface area contributed by atoms with Gasteiger partial charge in [0.1, 0.15) is 0 Å². The van der Waals surface area contributed by atoms with Crippen molar-refractivity contribution in [3.63, 3.8) is 0 Å². The average molecular weight is 386 g/mol. The molecule has 5 nitrogen and oxygen atoms in total. The van der Waals surface area contributed by atoms with E-state index in [2.05, 4.69) is 0 Å². The molecule has 0 unspecified atom stereocenters. The van der Waals surface area contributed by atoms with Crippen molar-refractivity contribution in [2.24, 2.45) is 0 Å². The molecule has 0 aliphatic rings. The van der Waals surface area contributed by atoms with Gasteiger partial charge in [0.2, 0.25) is 11.5 Å². The smallest absolute Gasteiger partial charge is 0.201 e. The lowest BCUT2D eigenvalue weighted by Gasteiger charge is -2.18. The van der Waals surface area contributed by atoms with Crippen molar-refractivity contribution < 1.29 is 25.2 Å². The molecule has 4 aromatic rings. The van der Waals surface area contributed by atoms with Crippen LogP contribution in [-0.2, 0) is 0 Å². The molecule has 4 N–H and O–H groups in total. The van der Waals surface area contributed by atoms with Crippen molar-refractivity contribution in [1.29, 1.82) is 0 Å². The van der Waals surface area contributed by atoms with Gasteiger partial charge in [0, 0.05) is 11.1 Å². The molecule has 4 rings (SSSR count). The van der Waals surface area contributed by atoms with E-state index in [0.717, 1.165) is 11.1 Å². The van der Waals surface area contributed by atoms with Crippen molar-refractivity contribution in [3.05, 3.63) is 84.9 Å². The number of rotatable bonds is 4. The lowest BCUT2D eigenvalue weighted by Crippen LogP contribution is -1.93. The van der Waals surface area contributed by atoms with Crippen LogP contribution in [0.1, 0.15) is 0 Å². The predicted molar refractivity (Wildman–Crippen MR) is 110 cm³/mol. The fraction of sp³-hybridized carbons (Fsp3) is 0. The molecule has 0 heterocycles. The Hall–Kier alpha value is -4.12. The third-order valence-corrected chi connectivity index (χ3v) is 4.59. The standard InChI is InChI=1S/C24H18O5/c25-19-13-11-17(15-7-3-1-4-8-15)23(21(19)27)29-24-18(12-14-20(26)22(24)28)16-9-5-2-6-10-16/h1-14,25-28H. The molecular formula is C24H18O5. The average Bonchev–Trinajstić information content (AvgIpc) is 2.76. The van der Waals surface area contributed by atoms with Crippen molar-refractivity contribution in [2.75, 3.05) is 0 Å². The van der Waals surface area contributed by atoms with Gasteiger partial charge in [-0.05, 0) is 35.4 Å². The number of hydrogen-bond acceptors (Lipinski definition) is 5. The van der Waals surface area contributed by atoms with Gasteiger partial charge in [-0.2, -0.15) is 0 Å². The maximum Gasteiger partial charge on any atom is 0.201 e. The van der Waals surface area contributed by atoms with Crippen LogP contribution in [0.25, 0.3) is 22.3 Å². The number of hydrogen-bond donors (Lipinski definition) is 4. The highest BCUT2D eigenvalue weighted by Crippen LogP contribution is 2.50. The maximum atomic E-state index is 10.5. The Morgan fingerprint density at radius 1 is 0.448 bits per heavy atom. The molecule has 5 heteroatoms. The summed E-state index contributed by atoms with van der Waals surface area (Å²) in [7, 11) is 0. The first-order valence-electron chi connectivity index (χ1n) is 8.95. The summed E-state index contributed by atoms with van der Waals surface area (Å²) in [6.45, 7) is 0. The zero-order chi connectivity index (χ0) is 20.4. The van der Waals surface area contributed by atoms with Crippen molar-refractivity contribution in [2.45, 2.75) is 0 Å². The summed E-state index contributed by atoms with van der Waals surface area (Å²) in [6.07, 6.45) is 0. The van der Waals surface area contributed by atoms with Gasteiger partial charge in [0.15, 0.2) is 23.0 Å². The van der Waals surface area contributed by atoms with E-state index in [1.54, 1.807) is 12.1 Å². The molecule has 0 bridgehead atoms. The molecule has 144 valence electrons. The highest BCUT2D eigenvalue weighted by Gasteiger charge is 2.22. The summed E-state index contributed by atoms with van der Waals surface area (Å²) >= 11 is 0. The number of ether oxygens (including phenoxy) is 1. The topological polar surface area (TPSA) is 90.2 Å². The molecule has 4 aromatic carbocycles. The van der Waals surface area contributed by atoms with Crippen LogP contribution in [0.2, 0.25) is 0 Å². The number of benzene rings is 4. The van der Waals surface area contributed by atoms with Crippen LogP contribution in [0.5, 0.6) is 34.5 Å². The zero-order valence-electron chi connectivity index (χ0n) is 15.3. The Labute approximate surface area is 167 Å². The number of aromatic hydroxyl groups is 4. The summed E-state index contributed by atoms with van der Waals surface area (Å²) in [5, 5.41) is 41.0. The molecule has 0 saturated heterocycles. The Morgan fingerprint density at radius 3 is 1.21 bits per heavy atom. The fourth-order valence-electron chi connectivity index (χ4n) is 3.12. The molecule has 29 heavy (non-hydrogen) atoms. The quantitative estimate of drug-likeness (QED) is 0.341. The highest BCUT2D eigenvalue weighted by molar-refractivity contribution is 5.80. The molecule has 0 aromatic heterocycles. The lowest BCUT2D eigenvalue weighted by molar-refractivity contribution is 0.353. The second kappa shape index (κ2) is 7.48. The van der Waals surface area contributed by atoms with E-state index in [4.69, 9.17) is 4.74 Å². The third-order valence-electron chi connectivity index (χ3n) is 4.59. The zero-order valence-corrected chi connectivity index (χ0v) is 15.3. The van der Waals surface area contributed by atoms with E-state index in [0.29, 0.717) is 11.1 Å². The van der Waals surface area contributed by atoms with Crippen LogP contribution in [-0.4, -0.2) is 20.4 Å². The summed E-state index contributed by atoms with van der Waals surface area (Å²) in [6, 6.07) is 24.4. The van der Waals surface area contributed by atoms with Crippen molar-refractivity contribution in [1.82, 2.24) is 0 Å². The molecule has 0 radical (unpaired) electrons. The van der Waals surface area contributed by atoms with Gasteiger partial charge in [0.25, 0.3) is 0 Å². The Bertz CT molecular complexity index is 1060. The van der Waals surface area contributed by atoms with Crippen LogP contribution < -0.4 is 4.74 Å². The van der Waals surface area contributed by atoms with Gasteiger partial charge >= 0.3 is 0 Å². The first-order chi connectivity index (χ1) is 14.1. The fourth-order valence-corrected chi connectivity index (χ4v) is 3.12. The van der Waals surface area contributed by atoms with Crippen molar-refractivity contribution >= 4 is 0 Å². The molecule has 0 amide bonds. The Morgan fingerprint density at radius 2 is 0.828 bits per heavy atom. The summed E-state index contributed by atoms with van der Waals surface area (Å²) in [5.74, 6) is -1.72. The van der Waals surface area contributed by atoms with Crippen LogP contribution in [0.3, 0.4) is 0 Å². The predicted octanol–water partition coefficient (Wildman–Crippen LogP) is 5.64. The summed E-state index contributed by atoms with van der Waals surface area (Å²) < 4.78 is 5.95. The summed E-state index contributed by atoms with van der Waals surface area (Å²) in [4.78, 5) is 0. The lowest BCUT2D eigenvalue weighted by atomic mass is 10.0. The second-order valence-electron chi connectivity index (χ2n) is 6.45. The highest BCUT2D eigenvalue weighted by atomic mass is 16.5. The van der Waals surface area contributed by atoms with E-state index in [9.17, 15) is 20.4 Å². The molecule has 0 saturated carbocycles. The van der Waals surface area contributed by atoms with E-state index in [1.807, 2.05) is 60.7 Å². The second-order valence-corrected chi connectivity index (χ2v) is 6.45. The maximum absolute atomic E-state index is 10.5. The molecule has 0 fully saturated rings. The van der Waals surface area contributed by atoms with Gasteiger partial charge in [0.05, 0.1) is 0 Å². The van der Waals surface area contributed by atoms with Crippen LogP contribution in [0.15, 0.2) is 84.9 Å². The third kappa shape index (κ3) is 3.41. The van der Waals surface area contributed by atoms with Crippen LogP contribution in [0.4, 0.5) is 0 Å². The van der Waals surface area contributed by atoms with E-state index in [1.165, 1.54) is 12.1 Å². The molecule has 0 atom stereocenters. The SMILES string of the molecule is Oc1ccc(-c2ccccc2)c(Oc2c(-c3ccccc3)ccc(O)c2O)c1O. The summed E-state index contributed by atoms with van der Waals surface area (Å²) in [5.41, 5.74) is 2.53. The number of phenols is 4. The first-order valence-corrected chi connectivity index (χ1v) is 8.95. The molecular weight excluding hydrogens is 368 g/mol. The number of phenolic OH excluding ortho intramolecular Hbond substituents is 4. The van der Waals surface area contributed by atoms with Gasteiger partial charge < -0.3 is 25.2 Å². The van der Waals surface area contributed by atoms with Gasteiger partial charge in [-0.1, -0.05) is 60.7 Å². The minimum absolute atomic E-state index is 0.0331. The normalized spacial score (nSPS) is 10.6. The van der Waals surface area contributed by atoms with Gasteiger partial charge in [-0.15, -0.1) is 0 Å². The van der Waals surface area contributed by atoms with E-state index in [-0.39, 0.29) is 23.0 Å². The minimum atomic E-state index is -0.465. The van der Waals surface area contributed by atoms with E-state index >= 15 is 0 Å². The minimum Gasteiger partial charge on any atom is -0.504 e. The molecule has 0 spiro atoms. The molecule has 0 aliphatic carbocycles. The monoisotopic (exact) mass is 386 g/mol. The first kappa shape index (κ1) is 18.3. The Kier molecular flexibility index (Phi) is 4.71. The largest absolute Gasteiger partial charge is 0.504 e.